The van der Waals surface area contributed by atoms with E-state index in [9.17, 15) is 9.59 Å². The molecule has 2 aromatic carbocycles. The molecule has 8 heteroatoms. The van der Waals surface area contributed by atoms with Crippen LogP contribution in [0.4, 0.5) is 4.79 Å². The average molecular weight is 506 g/mol. The summed E-state index contributed by atoms with van der Waals surface area (Å²) >= 11 is 6.22. The summed E-state index contributed by atoms with van der Waals surface area (Å²) in [5, 5.41) is 9.71. The first-order chi connectivity index (χ1) is 17.3. The van der Waals surface area contributed by atoms with E-state index in [-0.39, 0.29) is 18.4 Å². The number of amides is 2. The smallest absolute Gasteiger partial charge is 0.415 e. The van der Waals surface area contributed by atoms with Crippen LogP contribution >= 0.6 is 11.6 Å². The highest BCUT2D eigenvalue weighted by atomic mass is 35.5. The summed E-state index contributed by atoms with van der Waals surface area (Å²) in [7, 11) is 1.97. The SMILES string of the molecule is CCCc1cc(C2=NN(C)C3C=C(Cl)C=CC23)ccc1Oc1cccc(C[C@@]2(C)OC(=O)NC2=O)c1. The van der Waals surface area contributed by atoms with Gasteiger partial charge < -0.3 is 9.47 Å². The number of halogens is 1. The normalized spacial score (nSPS) is 24.7. The van der Waals surface area contributed by atoms with Gasteiger partial charge in [-0.3, -0.25) is 15.1 Å². The molecular formula is C28H28ClN3O4. The fourth-order valence-electron chi connectivity index (χ4n) is 4.93. The number of likely N-dealkylation sites (N-methyl/N-ethyl adjacent to an activating group) is 1. The zero-order valence-electron chi connectivity index (χ0n) is 20.5. The van der Waals surface area contributed by atoms with Crippen molar-refractivity contribution in [2.24, 2.45) is 11.0 Å². The summed E-state index contributed by atoms with van der Waals surface area (Å²) in [6.07, 6.45) is 7.46. The van der Waals surface area contributed by atoms with Gasteiger partial charge >= 0.3 is 6.09 Å². The summed E-state index contributed by atoms with van der Waals surface area (Å²) in [5.74, 6) is 1.14. The maximum atomic E-state index is 12.2. The maximum absolute atomic E-state index is 12.2. The van der Waals surface area contributed by atoms with E-state index in [4.69, 9.17) is 26.2 Å². The monoisotopic (exact) mass is 505 g/mol. The van der Waals surface area contributed by atoms with Crippen LogP contribution < -0.4 is 10.1 Å². The highest BCUT2D eigenvalue weighted by Gasteiger charge is 2.44. The van der Waals surface area contributed by atoms with Gasteiger partial charge in [-0.25, -0.2) is 4.79 Å². The predicted molar refractivity (Wildman–Crippen MR) is 138 cm³/mol. The van der Waals surface area contributed by atoms with Gasteiger partial charge in [0.2, 0.25) is 0 Å². The lowest BCUT2D eigenvalue weighted by atomic mass is 9.87. The molecule has 2 amide bonds. The van der Waals surface area contributed by atoms with Crippen molar-refractivity contribution in [1.82, 2.24) is 10.3 Å². The second-order valence-corrected chi connectivity index (χ2v) is 10.00. The van der Waals surface area contributed by atoms with Crippen LogP contribution in [0.3, 0.4) is 0 Å². The largest absolute Gasteiger partial charge is 0.457 e. The lowest BCUT2D eigenvalue weighted by Crippen LogP contribution is -2.38. The number of benzene rings is 2. The van der Waals surface area contributed by atoms with Gasteiger partial charge in [-0.05, 0) is 72.5 Å². The third kappa shape index (κ3) is 4.63. The first-order valence-electron chi connectivity index (χ1n) is 12.1. The first-order valence-corrected chi connectivity index (χ1v) is 12.4. The number of hydrogen-bond acceptors (Lipinski definition) is 6. The van der Waals surface area contributed by atoms with E-state index in [0.717, 1.165) is 46.0 Å². The zero-order valence-corrected chi connectivity index (χ0v) is 21.2. The quantitative estimate of drug-likeness (QED) is 0.550. The number of cyclic esters (lactones) is 1. The Morgan fingerprint density at radius 3 is 2.81 bits per heavy atom. The number of ether oxygens (including phenoxy) is 2. The third-order valence-electron chi connectivity index (χ3n) is 6.73. The number of alkyl carbamates (subject to hydrolysis) is 1. The van der Waals surface area contributed by atoms with Gasteiger partial charge in [0.05, 0.1) is 11.8 Å². The van der Waals surface area contributed by atoms with Gasteiger partial charge in [-0.15, -0.1) is 0 Å². The molecule has 7 nitrogen and oxygen atoms in total. The number of allylic oxidation sites excluding steroid dienone is 2. The predicted octanol–water partition coefficient (Wildman–Crippen LogP) is 5.33. The van der Waals surface area contributed by atoms with Gasteiger partial charge in [0.25, 0.3) is 5.91 Å². The zero-order chi connectivity index (χ0) is 25.4. The maximum Gasteiger partial charge on any atom is 0.415 e. The number of nitrogens with zero attached hydrogens (tertiary/aromatic N) is 2. The fourth-order valence-corrected chi connectivity index (χ4v) is 5.14. The van der Waals surface area contributed by atoms with E-state index < -0.39 is 17.6 Å². The van der Waals surface area contributed by atoms with Crippen LogP contribution in [-0.4, -0.2) is 41.4 Å². The molecule has 1 N–H and O–H groups in total. The summed E-state index contributed by atoms with van der Waals surface area (Å²) in [6, 6.07) is 13.8. The van der Waals surface area contributed by atoms with Crippen molar-refractivity contribution in [1.29, 1.82) is 0 Å². The molecule has 0 bridgehead atoms. The minimum Gasteiger partial charge on any atom is -0.457 e. The molecule has 2 unspecified atom stereocenters. The van der Waals surface area contributed by atoms with Crippen LogP contribution in [0.15, 0.2) is 70.8 Å². The molecule has 1 aliphatic carbocycles. The average Bonchev–Trinajstić information content (AvgIpc) is 3.29. The Bertz CT molecular complexity index is 1320. The Labute approximate surface area is 215 Å². The molecule has 1 fully saturated rings. The summed E-state index contributed by atoms with van der Waals surface area (Å²) in [5.41, 5.74) is 2.78. The molecule has 3 atom stereocenters. The highest BCUT2D eigenvalue weighted by Crippen LogP contribution is 2.35. The second kappa shape index (κ2) is 9.47. The number of fused-ring (bicyclic) bond motifs is 1. The van der Waals surface area contributed by atoms with Crippen LogP contribution in [0, 0.1) is 5.92 Å². The molecule has 2 heterocycles. The van der Waals surface area contributed by atoms with E-state index in [1.165, 1.54) is 0 Å². The molecule has 0 aromatic heterocycles. The summed E-state index contributed by atoms with van der Waals surface area (Å²) < 4.78 is 11.5. The number of carbonyl (C=O) groups excluding carboxylic acids is 2. The Morgan fingerprint density at radius 1 is 1.22 bits per heavy atom. The molecule has 1 saturated heterocycles. The van der Waals surface area contributed by atoms with Gasteiger partial charge in [0, 0.05) is 24.4 Å². The highest BCUT2D eigenvalue weighted by molar-refractivity contribution is 6.31. The van der Waals surface area contributed by atoms with Crippen molar-refractivity contribution < 1.29 is 19.1 Å². The van der Waals surface area contributed by atoms with Crippen LogP contribution in [0.1, 0.15) is 37.0 Å². The Morgan fingerprint density at radius 2 is 2.06 bits per heavy atom. The molecule has 2 aliphatic heterocycles. The van der Waals surface area contributed by atoms with Crippen LogP contribution in [0.25, 0.3) is 0 Å². The first kappa shape index (κ1) is 24.1. The van der Waals surface area contributed by atoms with Gasteiger partial charge in [-0.1, -0.05) is 43.2 Å². The Kier molecular flexibility index (Phi) is 6.35. The van der Waals surface area contributed by atoms with E-state index in [1.54, 1.807) is 6.92 Å². The lowest BCUT2D eigenvalue weighted by molar-refractivity contribution is -0.129. The van der Waals surface area contributed by atoms with Crippen molar-refractivity contribution in [2.45, 2.75) is 44.8 Å². The molecule has 5 rings (SSSR count). The molecule has 186 valence electrons. The van der Waals surface area contributed by atoms with Crippen LogP contribution in [-0.2, 0) is 22.4 Å². The minimum atomic E-state index is -1.23. The van der Waals surface area contributed by atoms with Crippen molar-refractivity contribution in [2.75, 3.05) is 7.05 Å². The van der Waals surface area contributed by atoms with Crippen molar-refractivity contribution >= 4 is 29.3 Å². The van der Waals surface area contributed by atoms with E-state index in [0.29, 0.717) is 5.75 Å². The number of hydrogen-bond donors (Lipinski definition) is 1. The van der Waals surface area contributed by atoms with Crippen LogP contribution in [0.5, 0.6) is 11.5 Å². The Hall–Kier alpha value is -3.58. The number of carbonyl (C=O) groups is 2. The van der Waals surface area contributed by atoms with E-state index in [2.05, 4.69) is 24.4 Å². The fraction of sp³-hybridized carbons (Fsp3) is 0.321. The molecule has 36 heavy (non-hydrogen) atoms. The molecule has 3 aliphatic rings. The number of nitrogens with one attached hydrogen (secondary N) is 1. The number of hydrazone groups is 1. The van der Waals surface area contributed by atoms with Crippen molar-refractivity contribution in [3.63, 3.8) is 0 Å². The molecule has 0 saturated carbocycles. The van der Waals surface area contributed by atoms with E-state index >= 15 is 0 Å². The van der Waals surface area contributed by atoms with Crippen molar-refractivity contribution in [3.8, 4) is 11.5 Å². The number of rotatable bonds is 7. The lowest BCUT2D eigenvalue weighted by Gasteiger charge is -2.23. The van der Waals surface area contributed by atoms with Gasteiger partial charge in [0.1, 0.15) is 11.5 Å². The standard InChI is InChI=1S/C28H28ClN3O4/c1-4-6-18-14-19(25-22-11-10-20(29)15-23(22)32(3)31-25)9-12-24(18)35-21-8-5-7-17(13-21)16-28(2)26(33)30-27(34)36-28/h5,7-15,22-23H,4,6,16H2,1-3H3,(H,30,33,34)/t22?,23?,28-/m1/s1. The van der Waals surface area contributed by atoms with Gasteiger partial charge in [0.15, 0.2) is 5.60 Å². The van der Waals surface area contributed by atoms with E-state index in [1.807, 2.05) is 60.6 Å². The number of aryl methyl sites for hydroxylation is 1. The second-order valence-electron chi connectivity index (χ2n) is 9.56. The topological polar surface area (TPSA) is 80.2 Å². The molecule has 0 spiro atoms. The van der Waals surface area contributed by atoms with Crippen LogP contribution in [0.2, 0.25) is 0 Å². The minimum absolute atomic E-state index is 0.119. The number of imide groups is 1. The summed E-state index contributed by atoms with van der Waals surface area (Å²) in [4.78, 5) is 23.7. The molecular weight excluding hydrogens is 478 g/mol. The third-order valence-corrected chi connectivity index (χ3v) is 6.98. The molecule has 0 radical (unpaired) electrons. The Balaban J connectivity index is 1.38. The molecule has 2 aromatic rings. The summed E-state index contributed by atoms with van der Waals surface area (Å²) in [6.45, 7) is 3.75. The van der Waals surface area contributed by atoms with Gasteiger partial charge in [-0.2, -0.15) is 5.10 Å². The van der Waals surface area contributed by atoms with Crippen molar-refractivity contribution in [3.05, 3.63) is 82.4 Å².